The van der Waals surface area contributed by atoms with Crippen LogP contribution in [0.2, 0.25) is 0 Å². The summed E-state index contributed by atoms with van der Waals surface area (Å²) in [7, 11) is 0. The average molecular weight is 246 g/mol. The quantitative estimate of drug-likeness (QED) is 0.854. The first-order valence-corrected chi connectivity index (χ1v) is 5.15. The maximum absolute atomic E-state index is 13.2. The standard InChI is InChI=1S/C11H13F3N2O/c1-2-6(5-15)11(17)16-10-8(13)3-7(12)4-9(10)14/h3-4,6H,2,5,15H2,1H3,(H,16,17). The van der Waals surface area contributed by atoms with Crippen LogP contribution in [0.5, 0.6) is 0 Å². The number of amides is 1. The maximum atomic E-state index is 13.2. The van der Waals surface area contributed by atoms with Crippen molar-refractivity contribution in [2.45, 2.75) is 13.3 Å². The predicted molar refractivity (Wildman–Crippen MR) is 57.8 cm³/mol. The molecule has 6 heteroatoms. The van der Waals surface area contributed by atoms with Crippen LogP contribution in [-0.4, -0.2) is 12.5 Å². The maximum Gasteiger partial charge on any atom is 0.228 e. The monoisotopic (exact) mass is 246 g/mol. The fourth-order valence-electron chi connectivity index (χ4n) is 1.35. The van der Waals surface area contributed by atoms with Gasteiger partial charge in [0.2, 0.25) is 5.91 Å². The largest absolute Gasteiger partial charge is 0.330 e. The van der Waals surface area contributed by atoms with Gasteiger partial charge in [0, 0.05) is 18.7 Å². The number of nitrogens with one attached hydrogen (secondary N) is 1. The molecule has 0 bridgehead atoms. The summed E-state index contributed by atoms with van der Waals surface area (Å²) >= 11 is 0. The van der Waals surface area contributed by atoms with Crippen molar-refractivity contribution in [3.8, 4) is 0 Å². The Kier molecular flexibility index (Phi) is 4.51. The Balaban J connectivity index is 2.92. The highest BCUT2D eigenvalue weighted by Gasteiger charge is 2.19. The molecule has 0 radical (unpaired) electrons. The van der Waals surface area contributed by atoms with Gasteiger partial charge in [0.15, 0.2) is 11.6 Å². The predicted octanol–water partition coefficient (Wildman–Crippen LogP) is 2.03. The molecule has 0 aliphatic rings. The van der Waals surface area contributed by atoms with E-state index in [-0.39, 0.29) is 6.54 Å². The Morgan fingerprint density at radius 1 is 1.35 bits per heavy atom. The molecule has 3 nitrogen and oxygen atoms in total. The second-order valence-electron chi connectivity index (χ2n) is 3.57. The van der Waals surface area contributed by atoms with Gasteiger partial charge >= 0.3 is 0 Å². The molecule has 0 saturated carbocycles. The second kappa shape index (κ2) is 5.67. The van der Waals surface area contributed by atoms with E-state index in [1.165, 1.54) is 0 Å². The lowest BCUT2D eigenvalue weighted by molar-refractivity contribution is -0.119. The zero-order valence-electron chi connectivity index (χ0n) is 9.27. The Bertz CT molecular complexity index is 396. The van der Waals surface area contributed by atoms with Gasteiger partial charge in [0.25, 0.3) is 0 Å². The number of benzene rings is 1. The van der Waals surface area contributed by atoms with Crippen LogP contribution in [0.1, 0.15) is 13.3 Å². The fraction of sp³-hybridized carbons (Fsp3) is 0.364. The van der Waals surface area contributed by atoms with E-state index >= 15 is 0 Å². The van der Waals surface area contributed by atoms with Crippen molar-refractivity contribution in [3.63, 3.8) is 0 Å². The Hall–Kier alpha value is -1.56. The molecule has 1 aromatic rings. The molecule has 0 heterocycles. The molecule has 0 aromatic heterocycles. The summed E-state index contributed by atoms with van der Waals surface area (Å²) < 4.78 is 39.1. The van der Waals surface area contributed by atoms with Gasteiger partial charge in [-0.2, -0.15) is 0 Å². The van der Waals surface area contributed by atoms with Gasteiger partial charge in [0.05, 0.1) is 5.92 Å². The van der Waals surface area contributed by atoms with Crippen LogP contribution in [0.25, 0.3) is 0 Å². The molecule has 3 N–H and O–H groups in total. The molecule has 1 rings (SSSR count). The van der Waals surface area contributed by atoms with Crippen LogP contribution < -0.4 is 11.1 Å². The number of hydrogen-bond acceptors (Lipinski definition) is 2. The summed E-state index contributed by atoms with van der Waals surface area (Å²) in [5.74, 6) is -4.45. The third-order valence-electron chi connectivity index (χ3n) is 2.40. The number of carbonyl (C=O) groups excluding carboxylic acids is 1. The molecule has 1 unspecified atom stereocenters. The van der Waals surface area contributed by atoms with E-state index in [1.54, 1.807) is 6.92 Å². The van der Waals surface area contributed by atoms with Gasteiger partial charge in [-0.05, 0) is 6.42 Å². The molecular weight excluding hydrogens is 233 g/mol. The molecular formula is C11H13F3N2O. The summed E-state index contributed by atoms with van der Waals surface area (Å²) in [4.78, 5) is 11.5. The highest BCUT2D eigenvalue weighted by atomic mass is 19.1. The van der Waals surface area contributed by atoms with Crippen molar-refractivity contribution >= 4 is 11.6 Å². The number of nitrogens with two attached hydrogens (primary N) is 1. The van der Waals surface area contributed by atoms with Gasteiger partial charge in [-0.15, -0.1) is 0 Å². The normalized spacial score (nSPS) is 12.3. The van der Waals surface area contributed by atoms with Crippen LogP contribution >= 0.6 is 0 Å². The first-order chi connectivity index (χ1) is 7.99. The lowest BCUT2D eigenvalue weighted by atomic mass is 10.1. The molecule has 0 saturated heterocycles. The van der Waals surface area contributed by atoms with Crippen molar-refractivity contribution in [1.82, 2.24) is 0 Å². The topological polar surface area (TPSA) is 55.1 Å². The summed E-state index contributed by atoms with van der Waals surface area (Å²) in [6.45, 7) is 1.81. The Morgan fingerprint density at radius 2 is 1.88 bits per heavy atom. The minimum absolute atomic E-state index is 0.0762. The SMILES string of the molecule is CCC(CN)C(=O)Nc1c(F)cc(F)cc1F. The molecule has 0 aliphatic heterocycles. The summed E-state index contributed by atoms with van der Waals surface area (Å²) in [5.41, 5.74) is 4.68. The zero-order valence-corrected chi connectivity index (χ0v) is 9.27. The minimum Gasteiger partial charge on any atom is -0.330 e. The van der Waals surface area contributed by atoms with E-state index in [1.807, 2.05) is 0 Å². The highest BCUT2D eigenvalue weighted by molar-refractivity contribution is 5.92. The van der Waals surface area contributed by atoms with Gasteiger partial charge in [-0.25, -0.2) is 13.2 Å². The van der Waals surface area contributed by atoms with Crippen molar-refractivity contribution < 1.29 is 18.0 Å². The third kappa shape index (κ3) is 3.20. The number of rotatable bonds is 4. The number of hydrogen-bond donors (Lipinski definition) is 2. The molecule has 94 valence electrons. The first-order valence-electron chi connectivity index (χ1n) is 5.15. The van der Waals surface area contributed by atoms with E-state index in [4.69, 9.17) is 5.73 Å². The van der Waals surface area contributed by atoms with E-state index in [2.05, 4.69) is 5.32 Å². The van der Waals surface area contributed by atoms with Crippen molar-refractivity contribution in [2.24, 2.45) is 11.7 Å². The lowest BCUT2D eigenvalue weighted by Crippen LogP contribution is -2.29. The van der Waals surface area contributed by atoms with Gasteiger partial charge in [-0.1, -0.05) is 6.92 Å². The third-order valence-corrected chi connectivity index (χ3v) is 2.40. The average Bonchev–Trinajstić information content (AvgIpc) is 2.25. The molecule has 1 atom stereocenters. The fourth-order valence-corrected chi connectivity index (χ4v) is 1.35. The Morgan fingerprint density at radius 3 is 2.29 bits per heavy atom. The van der Waals surface area contributed by atoms with Crippen LogP contribution in [0.3, 0.4) is 0 Å². The van der Waals surface area contributed by atoms with Gasteiger partial charge < -0.3 is 11.1 Å². The highest BCUT2D eigenvalue weighted by Crippen LogP contribution is 2.21. The number of anilines is 1. The lowest BCUT2D eigenvalue weighted by Gasteiger charge is -2.13. The van der Waals surface area contributed by atoms with Crippen molar-refractivity contribution in [1.29, 1.82) is 0 Å². The summed E-state index contributed by atoms with van der Waals surface area (Å²) in [6, 6.07) is 1.00. The minimum atomic E-state index is -1.15. The van der Waals surface area contributed by atoms with Gasteiger partial charge in [-0.3, -0.25) is 4.79 Å². The van der Waals surface area contributed by atoms with Crippen LogP contribution in [0, 0.1) is 23.4 Å². The zero-order chi connectivity index (χ0) is 13.0. The molecule has 1 aromatic carbocycles. The van der Waals surface area contributed by atoms with Crippen molar-refractivity contribution in [2.75, 3.05) is 11.9 Å². The van der Waals surface area contributed by atoms with Gasteiger partial charge in [0.1, 0.15) is 11.5 Å². The van der Waals surface area contributed by atoms with E-state index in [0.717, 1.165) is 0 Å². The summed E-state index contributed by atoms with van der Waals surface area (Å²) in [6.07, 6.45) is 0.451. The van der Waals surface area contributed by atoms with Crippen LogP contribution in [0.4, 0.5) is 18.9 Å². The summed E-state index contributed by atoms with van der Waals surface area (Å²) in [5, 5.41) is 2.07. The Labute approximate surface area is 96.8 Å². The smallest absolute Gasteiger partial charge is 0.228 e. The van der Waals surface area contributed by atoms with E-state index in [9.17, 15) is 18.0 Å². The van der Waals surface area contributed by atoms with E-state index in [0.29, 0.717) is 18.6 Å². The molecule has 17 heavy (non-hydrogen) atoms. The number of carbonyl (C=O) groups is 1. The van der Waals surface area contributed by atoms with E-state index < -0.39 is 35.0 Å². The van der Waals surface area contributed by atoms with Crippen LogP contribution in [-0.2, 0) is 4.79 Å². The molecule has 0 spiro atoms. The molecule has 0 aliphatic carbocycles. The molecule has 1 amide bonds. The first kappa shape index (κ1) is 13.5. The number of halogens is 3. The van der Waals surface area contributed by atoms with Crippen LogP contribution in [0.15, 0.2) is 12.1 Å². The van der Waals surface area contributed by atoms with Crippen molar-refractivity contribution in [3.05, 3.63) is 29.6 Å². The molecule has 0 fully saturated rings. The second-order valence-corrected chi connectivity index (χ2v) is 3.57.